The summed E-state index contributed by atoms with van der Waals surface area (Å²) in [4.78, 5) is 18.2. The molecule has 0 unspecified atom stereocenters. The van der Waals surface area contributed by atoms with Crippen LogP contribution in [-0.2, 0) is 10.7 Å². The summed E-state index contributed by atoms with van der Waals surface area (Å²) in [5, 5.41) is 0. The van der Waals surface area contributed by atoms with Crippen molar-refractivity contribution in [2.75, 3.05) is 12.3 Å². The van der Waals surface area contributed by atoms with Crippen LogP contribution in [0.1, 0.15) is 48.4 Å². The van der Waals surface area contributed by atoms with Gasteiger partial charge in [-0.05, 0) is 12.8 Å². The zero-order chi connectivity index (χ0) is 19.8. The van der Waals surface area contributed by atoms with E-state index in [1.807, 2.05) is 0 Å². The van der Waals surface area contributed by atoms with E-state index in [1.54, 1.807) is 0 Å². The van der Waals surface area contributed by atoms with Crippen LogP contribution in [0.4, 0.5) is 36.7 Å². The summed E-state index contributed by atoms with van der Waals surface area (Å²) in [6, 6.07) is 0. The largest absolute Gasteiger partial charge is 0.462 e. The van der Waals surface area contributed by atoms with Crippen molar-refractivity contribution in [3.8, 4) is 0 Å². The molecule has 0 bridgehead atoms. The molecule has 0 radical (unpaired) electrons. The fourth-order valence-corrected chi connectivity index (χ4v) is 1.87. The lowest BCUT2D eigenvalue weighted by molar-refractivity contribution is -0.360. The van der Waals surface area contributed by atoms with Gasteiger partial charge in [-0.15, -0.1) is 0 Å². The molecule has 1 rings (SSSR count). The van der Waals surface area contributed by atoms with E-state index < -0.39 is 52.8 Å². The molecule has 2 N–H and O–H groups in total. The highest BCUT2D eigenvalue weighted by molar-refractivity contribution is 5.92. The molecule has 5 nitrogen and oxygen atoms in total. The van der Waals surface area contributed by atoms with Gasteiger partial charge < -0.3 is 10.5 Å². The number of nitrogens with two attached hydrogens (primary N) is 1. The SMILES string of the molecule is CCOC(=O)c1c(C(C)C)nc(N)nc1C(F)(F)C(F)(F)C(F)(F)F. The van der Waals surface area contributed by atoms with Gasteiger partial charge in [0, 0.05) is 0 Å². The molecule has 0 atom stereocenters. The lowest BCUT2D eigenvalue weighted by Gasteiger charge is -2.29. The molecule has 0 aliphatic carbocycles. The second-order valence-corrected chi connectivity index (χ2v) is 5.21. The Hall–Kier alpha value is -2.14. The number of carbonyl (C=O) groups is 1. The molecule has 0 spiro atoms. The van der Waals surface area contributed by atoms with Crippen LogP contribution in [0.5, 0.6) is 0 Å². The van der Waals surface area contributed by atoms with Crippen molar-refractivity contribution < 1.29 is 40.3 Å². The fraction of sp³-hybridized carbons (Fsp3) is 0.615. The number of hydrogen-bond acceptors (Lipinski definition) is 5. The zero-order valence-electron chi connectivity index (χ0n) is 13.2. The van der Waals surface area contributed by atoms with E-state index in [9.17, 15) is 35.5 Å². The molecule has 12 heteroatoms. The predicted molar refractivity (Wildman–Crippen MR) is 71.4 cm³/mol. The van der Waals surface area contributed by atoms with Crippen LogP contribution in [0.25, 0.3) is 0 Å². The highest BCUT2D eigenvalue weighted by Crippen LogP contribution is 2.52. The van der Waals surface area contributed by atoms with Gasteiger partial charge in [-0.1, -0.05) is 13.8 Å². The van der Waals surface area contributed by atoms with Crippen LogP contribution >= 0.6 is 0 Å². The van der Waals surface area contributed by atoms with E-state index in [0.29, 0.717) is 0 Å². The average molecular weight is 377 g/mol. The Bertz CT molecular complexity index is 660. The van der Waals surface area contributed by atoms with Crippen LogP contribution in [-0.4, -0.2) is 34.6 Å². The molecule has 0 aliphatic heterocycles. The highest BCUT2D eigenvalue weighted by Gasteiger charge is 2.75. The number of hydrogen-bond donors (Lipinski definition) is 1. The van der Waals surface area contributed by atoms with Gasteiger partial charge in [-0.3, -0.25) is 0 Å². The molecule has 0 aliphatic rings. The number of carbonyl (C=O) groups excluding carboxylic acids is 1. The topological polar surface area (TPSA) is 78.1 Å². The number of ether oxygens (including phenoxy) is 1. The molecule has 0 saturated heterocycles. The number of nitrogen functional groups attached to an aromatic ring is 1. The molecular weight excluding hydrogens is 363 g/mol. The van der Waals surface area contributed by atoms with Gasteiger partial charge >= 0.3 is 24.0 Å². The smallest absolute Gasteiger partial charge is 0.460 e. The summed E-state index contributed by atoms with van der Waals surface area (Å²) < 4.78 is 96.7. The summed E-state index contributed by atoms with van der Waals surface area (Å²) in [7, 11) is 0. The van der Waals surface area contributed by atoms with Crippen LogP contribution in [0.15, 0.2) is 0 Å². The quantitative estimate of drug-likeness (QED) is 0.626. The maximum Gasteiger partial charge on any atom is 0.460 e. The minimum atomic E-state index is -6.60. The van der Waals surface area contributed by atoms with Crippen molar-refractivity contribution >= 4 is 11.9 Å². The number of esters is 1. The first-order chi connectivity index (χ1) is 11.2. The van der Waals surface area contributed by atoms with E-state index >= 15 is 0 Å². The lowest BCUT2D eigenvalue weighted by atomic mass is 9.96. The first-order valence-corrected chi connectivity index (χ1v) is 6.85. The third-order valence-electron chi connectivity index (χ3n) is 3.03. The van der Waals surface area contributed by atoms with Gasteiger partial charge in [0.15, 0.2) is 0 Å². The Balaban J connectivity index is 3.82. The molecule has 0 fully saturated rings. The molecule has 1 aromatic heterocycles. The average Bonchev–Trinajstić information content (AvgIpc) is 2.44. The molecule has 1 aromatic rings. The number of aromatic nitrogens is 2. The van der Waals surface area contributed by atoms with Crippen LogP contribution in [0, 0.1) is 0 Å². The summed E-state index contributed by atoms with van der Waals surface area (Å²) in [5.41, 5.74) is 1.23. The van der Waals surface area contributed by atoms with Gasteiger partial charge in [0.05, 0.1) is 12.3 Å². The Morgan fingerprint density at radius 3 is 2.04 bits per heavy atom. The Labute approximate surface area is 137 Å². The molecule has 142 valence electrons. The predicted octanol–water partition coefficient (Wildman–Crippen LogP) is 3.65. The number of anilines is 1. The molecule has 25 heavy (non-hydrogen) atoms. The maximum absolute atomic E-state index is 14.1. The fourth-order valence-electron chi connectivity index (χ4n) is 1.87. The normalized spacial score (nSPS) is 13.2. The molecule has 0 saturated carbocycles. The second kappa shape index (κ2) is 6.64. The monoisotopic (exact) mass is 377 g/mol. The van der Waals surface area contributed by atoms with Crippen molar-refractivity contribution in [3.05, 3.63) is 17.0 Å². The lowest BCUT2D eigenvalue weighted by Crippen LogP contribution is -2.51. The maximum atomic E-state index is 14.1. The summed E-state index contributed by atoms with van der Waals surface area (Å²) in [6.45, 7) is 3.62. The van der Waals surface area contributed by atoms with Crippen molar-refractivity contribution in [1.29, 1.82) is 0 Å². The van der Waals surface area contributed by atoms with Crippen molar-refractivity contribution in [1.82, 2.24) is 9.97 Å². The van der Waals surface area contributed by atoms with E-state index in [1.165, 1.54) is 20.8 Å². The van der Waals surface area contributed by atoms with E-state index in [2.05, 4.69) is 14.7 Å². The van der Waals surface area contributed by atoms with Gasteiger partial charge in [-0.25, -0.2) is 14.8 Å². The van der Waals surface area contributed by atoms with Crippen molar-refractivity contribution in [2.45, 2.75) is 44.7 Å². The van der Waals surface area contributed by atoms with Gasteiger partial charge in [0.2, 0.25) is 5.95 Å². The van der Waals surface area contributed by atoms with Crippen molar-refractivity contribution in [2.24, 2.45) is 0 Å². The number of alkyl halides is 7. The third kappa shape index (κ3) is 3.61. The summed E-state index contributed by atoms with van der Waals surface area (Å²) in [6.07, 6.45) is -6.60. The van der Waals surface area contributed by atoms with Crippen LogP contribution < -0.4 is 5.73 Å². The molecule has 0 aromatic carbocycles. The second-order valence-electron chi connectivity index (χ2n) is 5.21. The molecule has 0 amide bonds. The standard InChI is InChI=1S/C13H14F7N3O2/c1-4-25-9(24)6-7(5(2)3)22-10(21)23-8(6)11(14,15)12(16,17)13(18,19)20/h5H,4H2,1-3H3,(H2,21,22,23). The van der Waals surface area contributed by atoms with Gasteiger partial charge in [0.1, 0.15) is 11.3 Å². The summed E-state index contributed by atoms with van der Waals surface area (Å²) in [5.74, 6) is -15.7. The third-order valence-corrected chi connectivity index (χ3v) is 3.03. The van der Waals surface area contributed by atoms with E-state index in [4.69, 9.17) is 5.73 Å². The minimum absolute atomic E-state index is 0.346. The first-order valence-electron chi connectivity index (χ1n) is 6.85. The summed E-state index contributed by atoms with van der Waals surface area (Å²) >= 11 is 0. The minimum Gasteiger partial charge on any atom is -0.462 e. The number of nitrogens with zero attached hydrogens (tertiary/aromatic N) is 2. The molecule has 1 heterocycles. The Morgan fingerprint density at radius 2 is 1.64 bits per heavy atom. The Morgan fingerprint density at radius 1 is 1.12 bits per heavy atom. The molecular formula is C13H14F7N3O2. The zero-order valence-corrected chi connectivity index (χ0v) is 13.2. The highest BCUT2D eigenvalue weighted by atomic mass is 19.4. The first kappa shape index (κ1) is 20.9. The number of rotatable bonds is 5. The van der Waals surface area contributed by atoms with E-state index in [-0.39, 0.29) is 6.61 Å². The Kier molecular flexibility index (Phi) is 5.55. The van der Waals surface area contributed by atoms with Crippen molar-refractivity contribution in [3.63, 3.8) is 0 Å². The van der Waals surface area contributed by atoms with Gasteiger partial charge in [-0.2, -0.15) is 30.7 Å². The van der Waals surface area contributed by atoms with E-state index in [0.717, 1.165) is 0 Å². The number of halogens is 7. The van der Waals surface area contributed by atoms with Crippen LogP contribution in [0.2, 0.25) is 0 Å². The van der Waals surface area contributed by atoms with Crippen LogP contribution in [0.3, 0.4) is 0 Å². The van der Waals surface area contributed by atoms with Gasteiger partial charge in [0.25, 0.3) is 0 Å².